The van der Waals surface area contributed by atoms with E-state index in [1.165, 1.54) is 42.0 Å². The Morgan fingerprint density at radius 2 is 1.80 bits per heavy atom. The molecule has 2 N–H and O–H groups in total. The number of aliphatic hydroxyl groups is 1. The van der Waals surface area contributed by atoms with E-state index in [1.807, 2.05) is 18.2 Å². The minimum absolute atomic E-state index is 0.00414. The number of aromatic nitrogens is 3. The van der Waals surface area contributed by atoms with Crippen LogP contribution in [-0.2, 0) is 44.9 Å². The molecule has 1 fully saturated rings. The summed E-state index contributed by atoms with van der Waals surface area (Å²) in [7, 11) is 2.90. The summed E-state index contributed by atoms with van der Waals surface area (Å²) >= 11 is 0. The minimum atomic E-state index is -0.598. The Kier molecular flexibility index (Phi) is 8.96. The third kappa shape index (κ3) is 5.56. The number of H-pyrrole nitrogens is 1. The van der Waals surface area contributed by atoms with Crippen molar-refractivity contribution >= 4 is 33.7 Å². The number of esters is 2. The van der Waals surface area contributed by atoms with E-state index in [-0.39, 0.29) is 48.3 Å². The Bertz CT molecular complexity index is 2110. The number of ether oxygens (including phenoxy) is 2. The van der Waals surface area contributed by atoms with Crippen LogP contribution in [0.4, 0.5) is 0 Å². The van der Waals surface area contributed by atoms with Gasteiger partial charge in [-0.1, -0.05) is 61.4 Å². The number of fused-ring (bicyclic) bond motifs is 10. The second-order valence-electron chi connectivity index (χ2n) is 14.8. The number of pyridine rings is 1. The van der Waals surface area contributed by atoms with Crippen LogP contribution in [0.5, 0.6) is 0 Å². The molecule has 0 radical (unpaired) electrons. The Morgan fingerprint density at radius 1 is 1.06 bits per heavy atom. The Morgan fingerprint density at radius 3 is 2.55 bits per heavy atom. The summed E-state index contributed by atoms with van der Waals surface area (Å²) in [5.74, 6) is -1.44. The zero-order valence-corrected chi connectivity index (χ0v) is 30.0. The third-order valence-corrected chi connectivity index (χ3v) is 12.5. The van der Waals surface area contributed by atoms with Crippen molar-refractivity contribution in [1.82, 2.24) is 19.4 Å². The Balaban J connectivity index is 1.22. The predicted octanol–water partition coefficient (Wildman–Crippen LogP) is 6.50. The molecule has 0 bridgehead atoms. The van der Waals surface area contributed by atoms with E-state index in [4.69, 9.17) is 14.5 Å². The fourth-order valence-corrected chi connectivity index (χ4v) is 9.91. The number of carbonyl (C=O) groups excluding carboxylic acids is 2. The van der Waals surface area contributed by atoms with Gasteiger partial charge in [-0.05, 0) is 73.6 Å². The van der Waals surface area contributed by atoms with Crippen LogP contribution in [0.3, 0.4) is 0 Å². The fraction of sp³-hybridized carbons (Fsp3) is 0.452. The van der Waals surface area contributed by atoms with E-state index in [1.54, 1.807) is 0 Å². The van der Waals surface area contributed by atoms with Crippen molar-refractivity contribution in [3.05, 3.63) is 88.9 Å². The van der Waals surface area contributed by atoms with Gasteiger partial charge in [-0.3, -0.25) is 14.5 Å². The topological polar surface area (TPSA) is 110 Å². The smallest absolute Gasteiger partial charge is 0.311 e. The zero-order chi connectivity index (χ0) is 35.4. The number of piperidine rings is 1. The van der Waals surface area contributed by atoms with Crippen molar-refractivity contribution in [2.75, 3.05) is 33.9 Å². The Hall–Kier alpha value is -4.47. The number of para-hydroxylation sites is 2. The number of hydrogen-bond donors (Lipinski definition) is 2. The SMILES string of the molecule is C/C=C1/CN2CCc3c([nH]c4ccccc34)[C@@H]2C[C@@H]1[C@H](Cc1cn2c(c3nc4ccccc4c1-3)C[C@H]([C@H](CO)C(=O)OC)[C@@H](CC)C2)C(=O)OC. The third-order valence-electron chi connectivity index (χ3n) is 12.5. The summed E-state index contributed by atoms with van der Waals surface area (Å²) in [6.07, 6.45) is 8.30. The highest BCUT2D eigenvalue weighted by atomic mass is 16.5. The molecule has 5 aliphatic heterocycles. The van der Waals surface area contributed by atoms with E-state index in [9.17, 15) is 14.7 Å². The molecule has 266 valence electrons. The molecule has 51 heavy (non-hydrogen) atoms. The molecule has 0 amide bonds. The van der Waals surface area contributed by atoms with Crippen LogP contribution in [0.1, 0.15) is 55.2 Å². The number of rotatable bonds is 8. The van der Waals surface area contributed by atoms with Crippen LogP contribution >= 0.6 is 0 Å². The van der Waals surface area contributed by atoms with Gasteiger partial charge in [-0.15, -0.1) is 0 Å². The summed E-state index contributed by atoms with van der Waals surface area (Å²) in [4.78, 5) is 38.4. The van der Waals surface area contributed by atoms with Gasteiger partial charge in [0.15, 0.2) is 0 Å². The zero-order valence-electron chi connectivity index (χ0n) is 30.0. The van der Waals surface area contributed by atoms with Crippen molar-refractivity contribution < 1.29 is 24.2 Å². The molecule has 8 rings (SSSR count). The van der Waals surface area contributed by atoms with Gasteiger partial charge in [0.2, 0.25) is 0 Å². The predicted molar refractivity (Wildman–Crippen MR) is 197 cm³/mol. The molecule has 0 unspecified atom stereocenters. The first-order valence-electron chi connectivity index (χ1n) is 18.5. The average Bonchev–Trinajstić information content (AvgIpc) is 3.75. The monoisotopic (exact) mass is 688 g/mol. The van der Waals surface area contributed by atoms with E-state index < -0.39 is 5.92 Å². The summed E-state index contributed by atoms with van der Waals surface area (Å²) in [5.41, 5.74) is 10.2. The number of allylic oxidation sites excluding steroid dienone is 1. The molecule has 6 atom stereocenters. The van der Waals surface area contributed by atoms with Gasteiger partial charge in [0.25, 0.3) is 0 Å². The highest BCUT2D eigenvalue weighted by Crippen LogP contribution is 2.48. The van der Waals surface area contributed by atoms with E-state index in [0.29, 0.717) is 19.4 Å². The molecule has 0 saturated carbocycles. The van der Waals surface area contributed by atoms with Gasteiger partial charge in [-0.25, -0.2) is 4.98 Å². The van der Waals surface area contributed by atoms with Crippen LogP contribution in [0.25, 0.3) is 33.1 Å². The van der Waals surface area contributed by atoms with Crippen molar-refractivity contribution in [2.24, 2.45) is 29.6 Å². The molecule has 0 aliphatic carbocycles. The second-order valence-corrected chi connectivity index (χ2v) is 14.8. The number of aromatic amines is 1. The van der Waals surface area contributed by atoms with Crippen LogP contribution in [0.2, 0.25) is 0 Å². The van der Waals surface area contributed by atoms with Gasteiger partial charge in [0, 0.05) is 59.1 Å². The van der Waals surface area contributed by atoms with Gasteiger partial charge in [-0.2, -0.15) is 0 Å². The first kappa shape index (κ1) is 33.7. The minimum Gasteiger partial charge on any atom is -0.469 e. The molecular formula is C42H48N4O5. The van der Waals surface area contributed by atoms with Crippen LogP contribution in [0, 0.1) is 29.6 Å². The number of carbonyl (C=O) groups is 2. The number of aliphatic hydroxyl groups excluding tert-OH is 1. The van der Waals surface area contributed by atoms with E-state index in [2.05, 4.69) is 70.9 Å². The van der Waals surface area contributed by atoms with Gasteiger partial charge >= 0.3 is 11.9 Å². The van der Waals surface area contributed by atoms with Gasteiger partial charge in [0.05, 0.1) is 49.9 Å². The molecule has 6 heterocycles. The average molecular weight is 689 g/mol. The quantitative estimate of drug-likeness (QED) is 0.142. The summed E-state index contributed by atoms with van der Waals surface area (Å²) in [6.45, 7) is 6.52. The summed E-state index contributed by atoms with van der Waals surface area (Å²) < 4.78 is 13.1. The molecule has 0 spiro atoms. The van der Waals surface area contributed by atoms with E-state index in [0.717, 1.165) is 65.8 Å². The molecule has 2 aromatic carbocycles. The second kappa shape index (κ2) is 13.6. The lowest BCUT2D eigenvalue weighted by Crippen LogP contribution is -2.45. The van der Waals surface area contributed by atoms with Gasteiger partial charge in [0.1, 0.15) is 0 Å². The molecule has 5 aliphatic rings. The maximum absolute atomic E-state index is 14.0. The lowest BCUT2D eigenvalue weighted by atomic mass is 9.72. The molecule has 1 saturated heterocycles. The normalized spacial score (nSPS) is 23.9. The fourth-order valence-electron chi connectivity index (χ4n) is 9.91. The number of nitrogens with zero attached hydrogens (tertiary/aromatic N) is 3. The van der Waals surface area contributed by atoms with Crippen molar-refractivity contribution in [3.8, 4) is 11.3 Å². The first-order valence-corrected chi connectivity index (χ1v) is 18.5. The number of methoxy groups -OCH3 is 2. The summed E-state index contributed by atoms with van der Waals surface area (Å²) in [6, 6.07) is 17.0. The number of hydrogen-bond acceptors (Lipinski definition) is 7. The van der Waals surface area contributed by atoms with Crippen LogP contribution in [0.15, 0.2) is 66.4 Å². The molecule has 9 heteroatoms. The van der Waals surface area contributed by atoms with Crippen molar-refractivity contribution in [1.29, 1.82) is 0 Å². The largest absolute Gasteiger partial charge is 0.469 e. The van der Waals surface area contributed by atoms with E-state index >= 15 is 0 Å². The Labute approximate surface area is 299 Å². The molecular weight excluding hydrogens is 640 g/mol. The van der Waals surface area contributed by atoms with Crippen molar-refractivity contribution in [3.63, 3.8) is 0 Å². The van der Waals surface area contributed by atoms with Gasteiger partial charge < -0.3 is 24.1 Å². The highest BCUT2D eigenvalue weighted by molar-refractivity contribution is 5.99. The number of benzene rings is 2. The molecule has 3 aromatic rings. The maximum Gasteiger partial charge on any atom is 0.311 e. The standard InChI is InChI=1S/C42H48N4O5/c1-5-24-20-45-16-15-28-27-11-7-9-13-34(27)43-39(28)36(45)18-30(24)32(41(48)50-3)17-26-22-46-21-25(6-2)31(33(23-47)42(49)51-4)19-37(46)40-38(26)29-12-8-10-14-35(29)44-40/h5,7-14,22,25,30-33,36,43,47H,6,15-21,23H2,1-4H3/b24-5-/t25-,30-,31-,32-,33-,36-/m0/s1. The molecule has 9 nitrogen and oxygen atoms in total. The lowest BCUT2D eigenvalue weighted by molar-refractivity contribution is -0.150. The summed E-state index contributed by atoms with van der Waals surface area (Å²) in [5, 5.41) is 12.7. The van der Waals surface area contributed by atoms with Crippen molar-refractivity contribution in [2.45, 2.75) is 58.5 Å². The first-order chi connectivity index (χ1) is 24.9. The lowest BCUT2D eigenvalue weighted by Gasteiger charge is -2.45. The highest BCUT2D eigenvalue weighted by Gasteiger charge is 2.44. The number of nitrogens with one attached hydrogen (secondary N) is 1. The van der Waals surface area contributed by atoms with Crippen LogP contribution in [-0.4, -0.2) is 70.4 Å². The molecule has 1 aromatic heterocycles. The maximum atomic E-state index is 14.0. The van der Waals surface area contributed by atoms with Crippen LogP contribution < -0.4 is 0 Å².